The van der Waals surface area contributed by atoms with Crippen molar-refractivity contribution in [1.29, 1.82) is 0 Å². The van der Waals surface area contributed by atoms with Gasteiger partial charge in [0.1, 0.15) is 11.5 Å². The van der Waals surface area contributed by atoms with Crippen molar-refractivity contribution in [3.05, 3.63) is 59.7 Å². The smallest absolute Gasteiger partial charge is 0.118 e. The highest BCUT2D eigenvalue weighted by molar-refractivity contribution is 6.51. The Bertz CT molecular complexity index is 556. The van der Waals surface area contributed by atoms with Crippen molar-refractivity contribution in [2.45, 2.75) is 0 Å². The summed E-state index contributed by atoms with van der Waals surface area (Å²) in [6.07, 6.45) is 1.92. The van der Waals surface area contributed by atoms with Gasteiger partial charge in [-0.15, -0.1) is 0 Å². The topological polar surface area (TPSA) is 18.5 Å². The number of ether oxygens (including phenoxy) is 2. The molecule has 2 nitrogen and oxygen atoms in total. The van der Waals surface area contributed by atoms with E-state index in [1.807, 2.05) is 54.6 Å². The minimum absolute atomic E-state index is 0.688. The summed E-state index contributed by atoms with van der Waals surface area (Å²) in [7, 11) is 3.29. The number of hydrogen-bond donors (Lipinski definition) is 0. The maximum absolute atomic E-state index is 6.30. The summed E-state index contributed by atoms with van der Waals surface area (Å²) < 4.78 is 10.2. The van der Waals surface area contributed by atoms with Crippen LogP contribution in [0.25, 0.3) is 11.1 Å². The van der Waals surface area contributed by atoms with Crippen LogP contribution >= 0.6 is 11.6 Å². The molecule has 0 radical (unpaired) electrons. The van der Waals surface area contributed by atoms with Gasteiger partial charge in [-0.3, -0.25) is 0 Å². The summed E-state index contributed by atoms with van der Waals surface area (Å²) in [4.78, 5) is 0. The van der Waals surface area contributed by atoms with Crippen LogP contribution in [0.15, 0.2) is 48.5 Å². The van der Waals surface area contributed by atoms with Crippen molar-refractivity contribution < 1.29 is 9.47 Å². The molecule has 0 fully saturated rings. The fraction of sp³-hybridized carbons (Fsp3) is 0.125. The lowest BCUT2D eigenvalue weighted by Crippen LogP contribution is -1.84. The number of hydrogen-bond acceptors (Lipinski definition) is 2. The zero-order valence-corrected chi connectivity index (χ0v) is 11.6. The molecule has 3 heteroatoms. The van der Waals surface area contributed by atoms with Gasteiger partial charge in [-0.1, -0.05) is 23.7 Å². The molecule has 0 spiro atoms. The number of methoxy groups -OCH3 is 2. The van der Waals surface area contributed by atoms with Crippen LogP contribution in [0, 0.1) is 0 Å². The van der Waals surface area contributed by atoms with Crippen LogP contribution in [0.1, 0.15) is 11.1 Å². The van der Waals surface area contributed by atoms with Crippen LogP contribution in [0.2, 0.25) is 0 Å². The maximum atomic E-state index is 6.30. The van der Waals surface area contributed by atoms with E-state index in [1.165, 1.54) is 0 Å². The van der Waals surface area contributed by atoms with Gasteiger partial charge in [0.15, 0.2) is 0 Å². The third-order valence-electron chi connectivity index (χ3n) is 2.77. The fourth-order valence-corrected chi connectivity index (χ4v) is 1.93. The summed E-state index contributed by atoms with van der Waals surface area (Å²) in [5.41, 5.74) is 1.99. The van der Waals surface area contributed by atoms with Gasteiger partial charge >= 0.3 is 0 Å². The minimum atomic E-state index is 0.688. The molecule has 0 aliphatic heterocycles. The molecule has 0 saturated carbocycles. The van der Waals surface area contributed by atoms with Crippen molar-refractivity contribution >= 4 is 22.7 Å². The number of halogens is 1. The molecule has 0 N–H and O–H groups in total. The molecular weight excluding hydrogens is 260 g/mol. The second-order valence-corrected chi connectivity index (χ2v) is 4.40. The normalized spacial score (nSPS) is 11.2. The fourth-order valence-electron chi connectivity index (χ4n) is 1.68. The van der Waals surface area contributed by atoms with Gasteiger partial charge in [-0.2, -0.15) is 0 Å². The predicted molar refractivity (Wildman–Crippen MR) is 79.7 cm³/mol. The van der Waals surface area contributed by atoms with Gasteiger partial charge in [0, 0.05) is 5.03 Å². The van der Waals surface area contributed by atoms with Crippen LogP contribution in [-0.4, -0.2) is 14.2 Å². The van der Waals surface area contributed by atoms with Crippen molar-refractivity contribution in [3.8, 4) is 11.5 Å². The molecule has 0 aromatic heterocycles. The van der Waals surface area contributed by atoms with Crippen molar-refractivity contribution in [2.75, 3.05) is 14.2 Å². The third kappa shape index (κ3) is 3.52. The van der Waals surface area contributed by atoms with Crippen LogP contribution in [0.4, 0.5) is 0 Å². The van der Waals surface area contributed by atoms with Crippen molar-refractivity contribution in [2.24, 2.45) is 0 Å². The Kier molecular flexibility index (Phi) is 4.48. The summed E-state index contributed by atoms with van der Waals surface area (Å²) in [6.45, 7) is 0. The van der Waals surface area contributed by atoms with E-state index in [9.17, 15) is 0 Å². The van der Waals surface area contributed by atoms with Crippen molar-refractivity contribution in [3.63, 3.8) is 0 Å². The molecule has 0 unspecified atom stereocenters. The average Bonchev–Trinajstić information content (AvgIpc) is 2.48. The molecular formula is C16H15ClO2. The van der Waals surface area contributed by atoms with E-state index in [2.05, 4.69) is 0 Å². The Balaban J connectivity index is 2.20. The van der Waals surface area contributed by atoms with Crippen LogP contribution in [0.5, 0.6) is 11.5 Å². The Morgan fingerprint density at radius 3 is 1.79 bits per heavy atom. The summed E-state index contributed by atoms with van der Waals surface area (Å²) in [5.74, 6) is 1.65. The lowest BCUT2D eigenvalue weighted by molar-refractivity contribution is 0.414. The molecule has 0 atom stereocenters. The van der Waals surface area contributed by atoms with Crippen LogP contribution in [0.3, 0.4) is 0 Å². The van der Waals surface area contributed by atoms with Gasteiger partial charge < -0.3 is 9.47 Å². The first-order chi connectivity index (χ1) is 9.22. The predicted octanol–water partition coefficient (Wildman–Crippen LogP) is 4.44. The molecule has 0 aliphatic rings. The first-order valence-electron chi connectivity index (χ1n) is 5.88. The SMILES string of the molecule is COc1ccc(/C=C(\Cl)c2ccc(OC)cc2)cc1. The summed E-state index contributed by atoms with van der Waals surface area (Å²) in [6, 6.07) is 15.4. The molecule has 0 aliphatic carbocycles. The van der Waals surface area contributed by atoms with E-state index in [0.717, 1.165) is 22.6 Å². The molecule has 0 bridgehead atoms. The second kappa shape index (κ2) is 6.30. The number of rotatable bonds is 4. The van der Waals surface area contributed by atoms with Crippen molar-refractivity contribution in [1.82, 2.24) is 0 Å². The molecule has 0 saturated heterocycles. The molecule has 0 amide bonds. The lowest BCUT2D eigenvalue weighted by Gasteiger charge is -2.03. The van der Waals surface area contributed by atoms with E-state index >= 15 is 0 Å². The highest BCUT2D eigenvalue weighted by atomic mass is 35.5. The Hall–Kier alpha value is -1.93. The van der Waals surface area contributed by atoms with Crippen LogP contribution < -0.4 is 9.47 Å². The average molecular weight is 275 g/mol. The Morgan fingerprint density at radius 1 is 0.842 bits per heavy atom. The molecule has 2 aromatic carbocycles. The zero-order chi connectivity index (χ0) is 13.7. The first kappa shape index (κ1) is 13.5. The van der Waals surface area contributed by atoms with E-state index in [-0.39, 0.29) is 0 Å². The van der Waals surface area contributed by atoms with Gasteiger partial charge in [-0.05, 0) is 53.6 Å². The Labute approximate surface area is 118 Å². The summed E-state index contributed by atoms with van der Waals surface area (Å²) in [5, 5.41) is 0.688. The molecule has 0 heterocycles. The standard InChI is InChI=1S/C16H15ClO2/c1-18-14-7-3-12(4-8-14)11-16(17)13-5-9-15(19-2)10-6-13/h3-11H,1-2H3/b16-11-. The van der Waals surface area contributed by atoms with Gasteiger partial charge in [0.05, 0.1) is 14.2 Å². The first-order valence-corrected chi connectivity index (χ1v) is 6.26. The minimum Gasteiger partial charge on any atom is -0.497 e. The monoisotopic (exact) mass is 274 g/mol. The maximum Gasteiger partial charge on any atom is 0.118 e. The van der Waals surface area contributed by atoms with Crippen LogP contribution in [-0.2, 0) is 0 Å². The third-order valence-corrected chi connectivity index (χ3v) is 3.10. The van der Waals surface area contributed by atoms with Gasteiger partial charge in [-0.25, -0.2) is 0 Å². The summed E-state index contributed by atoms with van der Waals surface area (Å²) >= 11 is 6.30. The molecule has 19 heavy (non-hydrogen) atoms. The highest BCUT2D eigenvalue weighted by Gasteiger charge is 2.00. The van der Waals surface area contributed by atoms with Gasteiger partial charge in [0.2, 0.25) is 0 Å². The van der Waals surface area contributed by atoms with Gasteiger partial charge in [0.25, 0.3) is 0 Å². The zero-order valence-electron chi connectivity index (χ0n) is 10.9. The number of benzene rings is 2. The highest BCUT2D eigenvalue weighted by Crippen LogP contribution is 2.24. The Morgan fingerprint density at radius 2 is 1.32 bits per heavy atom. The lowest BCUT2D eigenvalue weighted by atomic mass is 10.1. The van der Waals surface area contributed by atoms with E-state index < -0.39 is 0 Å². The van der Waals surface area contributed by atoms with E-state index in [4.69, 9.17) is 21.1 Å². The van der Waals surface area contributed by atoms with E-state index in [1.54, 1.807) is 14.2 Å². The largest absolute Gasteiger partial charge is 0.497 e. The molecule has 2 aromatic rings. The van der Waals surface area contributed by atoms with E-state index in [0.29, 0.717) is 5.03 Å². The quantitative estimate of drug-likeness (QED) is 0.768. The second-order valence-electron chi connectivity index (χ2n) is 3.99. The molecule has 2 rings (SSSR count). The molecule has 98 valence electrons.